The van der Waals surface area contributed by atoms with Crippen molar-refractivity contribution in [1.82, 2.24) is 10.3 Å². The molecule has 8 nitrogen and oxygen atoms in total. The predicted octanol–water partition coefficient (Wildman–Crippen LogP) is 4.73. The van der Waals surface area contributed by atoms with Crippen molar-refractivity contribution in [2.45, 2.75) is 26.2 Å². The number of carbonyl (C=O) groups is 3. The minimum atomic E-state index is -0.924. The quantitative estimate of drug-likeness (QED) is 0.430. The predicted molar refractivity (Wildman–Crippen MR) is 129 cm³/mol. The second-order valence-corrected chi connectivity index (χ2v) is 9.93. The fraction of sp³-hybridized carbons (Fsp3) is 0.280. The van der Waals surface area contributed by atoms with Gasteiger partial charge in [0.2, 0.25) is 0 Å². The second-order valence-electron chi connectivity index (χ2n) is 8.90. The molecule has 2 amide bonds. The second kappa shape index (κ2) is 9.64. The number of carbonyl (C=O) groups excluding carboxylic acids is 2. The molecule has 9 heteroatoms. The molecule has 1 aliphatic carbocycles. The Hall–Kier alpha value is -3.72. The Morgan fingerprint density at radius 3 is 2.29 bits per heavy atom. The summed E-state index contributed by atoms with van der Waals surface area (Å²) in [6, 6.07) is 16.2. The SMILES string of the molecule is CC(C)(CNC(=O)c1cnc(NC(=O)OCC2c3ccccc3-c3ccccc32)s1)CC(=O)O. The van der Waals surface area contributed by atoms with E-state index in [-0.39, 0.29) is 36.5 Å². The average Bonchev–Trinajstić information content (AvgIpc) is 3.38. The number of hydrogen-bond acceptors (Lipinski definition) is 6. The Labute approximate surface area is 201 Å². The highest BCUT2D eigenvalue weighted by Crippen LogP contribution is 2.44. The van der Waals surface area contributed by atoms with Crippen LogP contribution in [0.15, 0.2) is 54.7 Å². The molecule has 0 fully saturated rings. The van der Waals surface area contributed by atoms with Gasteiger partial charge in [0.1, 0.15) is 11.5 Å². The molecule has 0 atom stereocenters. The Morgan fingerprint density at radius 1 is 1.06 bits per heavy atom. The van der Waals surface area contributed by atoms with Crippen LogP contribution in [0.2, 0.25) is 0 Å². The number of carboxylic acids is 1. The molecule has 34 heavy (non-hydrogen) atoms. The number of benzene rings is 2. The Bertz CT molecular complexity index is 1190. The zero-order valence-electron chi connectivity index (χ0n) is 18.8. The smallest absolute Gasteiger partial charge is 0.413 e. The fourth-order valence-corrected chi connectivity index (χ4v) is 4.76. The van der Waals surface area contributed by atoms with E-state index in [1.54, 1.807) is 13.8 Å². The molecule has 1 heterocycles. The van der Waals surface area contributed by atoms with Gasteiger partial charge in [0.05, 0.1) is 12.6 Å². The molecule has 176 valence electrons. The molecule has 0 saturated carbocycles. The van der Waals surface area contributed by atoms with Gasteiger partial charge < -0.3 is 15.2 Å². The van der Waals surface area contributed by atoms with E-state index in [1.165, 1.54) is 6.20 Å². The summed E-state index contributed by atoms with van der Waals surface area (Å²) in [7, 11) is 0. The third kappa shape index (κ3) is 5.26. The minimum absolute atomic E-state index is 0.0510. The van der Waals surface area contributed by atoms with Crippen molar-refractivity contribution in [3.63, 3.8) is 0 Å². The molecular formula is C25H25N3O5S. The van der Waals surface area contributed by atoms with Crippen LogP contribution in [-0.2, 0) is 9.53 Å². The molecule has 1 aliphatic rings. The van der Waals surface area contributed by atoms with E-state index in [1.807, 2.05) is 36.4 Å². The first-order valence-electron chi connectivity index (χ1n) is 10.8. The topological polar surface area (TPSA) is 118 Å². The van der Waals surface area contributed by atoms with Crippen LogP contribution >= 0.6 is 11.3 Å². The zero-order chi connectivity index (χ0) is 24.3. The van der Waals surface area contributed by atoms with Crippen LogP contribution in [-0.4, -0.2) is 41.2 Å². The van der Waals surface area contributed by atoms with Crippen LogP contribution in [0.3, 0.4) is 0 Å². The van der Waals surface area contributed by atoms with Crippen molar-refractivity contribution >= 4 is 34.4 Å². The largest absolute Gasteiger partial charge is 0.481 e. The number of carboxylic acid groups (broad SMARTS) is 1. The average molecular weight is 480 g/mol. The molecule has 0 bridgehead atoms. The first-order chi connectivity index (χ1) is 16.2. The number of hydrogen-bond donors (Lipinski definition) is 3. The maximum Gasteiger partial charge on any atom is 0.413 e. The van der Waals surface area contributed by atoms with E-state index in [0.29, 0.717) is 4.88 Å². The normalized spacial score (nSPS) is 12.5. The Kier molecular flexibility index (Phi) is 6.65. The van der Waals surface area contributed by atoms with Crippen molar-refractivity contribution in [2.24, 2.45) is 5.41 Å². The summed E-state index contributed by atoms with van der Waals surface area (Å²) in [5.74, 6) is -1.35. The fourth-order valence-electron chi connectivity index (χ4n) is 4.04. The lowest BCUT2D eigenvalue weighted by atomic mass is 9.89. The van der Waals surface area contributed by atoms with E-state index in [4.69, 9.17) is 9.84 Å². The molecule has 4 rings (SSSR count). The summed E-state index contributed by atoms with van der Waals surface area (Å²) in [6.07, 6.45) is 0.652. The van der Waals surface area contributed by atoms with Gasteiger partial charge >= 0.3 is 12.1 Å². The van der Waals surface area contributed by atoms with Crippen molar-refractivity contribution in [2.75, 3.05) is 18.5 Å². The van der Waals surface area contributed by atoms with E-state index < -0.39 is 17.5 Å². The summed E-state index contributed by atoms with van der Waals surface area (Å²) >= 11 is 1.02. The monoisotopic (exact) mass is 479 g/mol. The number of rotatable bonds is 8. The Balaban J connectivity index is 1.33. The minimum Gasteiger partial charge on any atom is -0.481 e. The summed E-state index contributed by atoms with van der Waals surface area (Å²) in [5.41, 5.74) is 3.95. The van der Waals surface area contributed by atoms with Crippen molar-refractivity contribution in [3.8, 4) is 11.1 Å². The number of thiazole rings is 1. The van der Waals surface area contributed by atoms with Crippen LogP contribution in [0.4, 0.5) is 9.93 Å². The van der Waals surface area contributed by atoms with E-state index >= 15 is 0 Å². The number of ether oxygens (including phenoxy) is 1. The van der Waals surface area contributed by atoms with Gasteiger partial charge in [-0.2, -0.15) is 0 Å². The third-order valence-electron chi connectivity index (χ3n) is 5.64. The molecule has 0 aliphatic heterocycles. The number of aromatic nitrogens is 1. The molecule has 3 aromatic rings. The van der Waals surface area contributed by atoms with Gasteiger partial charge in [-0.05, 0) is 27.7 Å². The van der Waals surface area contributed by atoms with E-state index in [9.17, 15) is 14.4 Å². The Morgan fingerprint density at radius 2 is 1.68 bits per heavy atom. The highest BCUT2D eigenvalue weighted by Gasteiger charge is 2.29. The third-order valence-corrected chi connectivity index (χ3v) is 6.55. The van der Waals surface area contributed by atoms with Crippen molar-refractivity contribution in [1.29, 1.82) is 0 Å². The molecule has 0 saturated heterocycles. The van der Waals surface area contributed by atoms with Gasteiger partial charge in [-0.3, -0.25) is 14.9 Å². The van der Waals surface area contributed by atoms with Crippen LogP contribution < -0.4 is 10.6 Å². The molecule has 1 aromatic heterocycles. The number of aliphatic carboxylic acids is 1. The number of amides is 2. The molecule has 0 radical (unpaired) electrons. The van der Waals surface area contributed by atoms with Gasteiger partial charge in [0, 0.05) is 12.5 Å². The molecule has 2 aromatic carbocycles. The molecule has 0 spiro atoms. The number of nitrogens with one attached hydrogen (secondary N) is 2. The molecular weight excluding hydrogens is 454 g/mol. The number of fused-ring (bicyclic) bond motifs is 3. The first kappa shape index (κ1) is 23.4. The summed E-state index contributed by atoms with van der Waals surface area (Å²) in [4.78, 5) is 40.1. The summed E-state index contributed by atoms with van der Waals surface area (Å²) < 4.78 is 5.50. The van der Waals surface area contributed by atoms with E-state index in [2.05, 4.69) is 27.8 Å². The number of nitrogens with zero attached hydrogens (tertiary/aromatic N) is 1. The van der Waals surface area contributed by atoms with Crippen molar-refractivity contribution in [3.05, 3.63) is 70.7 Å². The first-order valence-corrected chi connectivity index (χ1v) is 11.6. The van der Waals surface area contributed by atoms with E-state index in [0.717, 1.165) is 33.6 Å². The highest BCUT2D eigenvalue weighted by molar-refractivity contribution is 7.17. The van der Waals surface area contributed by atoms with Gasteiger partial charge in [-0.25, -0.2) is 9.78 Å². The van der Waals surface area contributed by atoms with Gasteiger partial charge in [0.15, 0.2) is 5.13 Å². The zero-order valence-corrected chi connectivity index (χ0v) is 19.6. The van der Waals surface area contributed by atoms with Crippen LogP contribution in [0, 0.1) is 5.41 Å². The lowest BCUT2D eigenvalue weighted by Gasteiger charge is -2.22. The van der Waals surface area contributed by atoms with Crippen molar-refractivity contribution < 1.29 is 24.2 Å². The maximum atomic E-state index is 12.4. The molecule has 3 N–H and O–H groups in total. The van der Waals surface area contributed by atoms with Gasteiger partial charge in [-0.1, -0.05) is 73.7 Å². The van der Waals surface area contributed by atoms with Gasteiger partial charge in [0.25, 0.3) is 5.91 Å². The maximum absolute atomic E-state index is 12.4. The lowest BCUT2D eigenvalue weighted by molar-refractivity contribution is -0.139. The number of anilines is 1. The summed E-state index contributed by atoms with van der Waals surface area (Å²) in [6.45, 7) is 3.90. The highest BCUT2D eigenvalue weighted by atomic mass is 32.1. The lowest BCUT2D eigenvalue weighted by Crippen LogP contribution is -2.35. The summed E-state index contributed by atoms with van der Waals surface area (Å²) in [5, 5.41) is 14.5. The van der Waals surface area contributed by atoms with Crippen LogP contribution in [0.25, 0.3) is 11.1 Å². The van der Waals surface area contributed by atoms with Crippen LogP contribution in [0.5, 0.6) is 0 Å². The van der Waals surface area contributed by atoms with Crippen LogP contribution in [0.1, 0.15) is 47.0 Å². The van der Waals surface area contributed by atoms with Gasteiger partial charge in [-0.15, -0.1) is 0 Å². The molecule has 0 unspecified atom stereocenters. The standard InChI is InChI=1S/C25H25N3O5S/c1-25(2,11-21(29)30)14-27-22(31)20-12-26-23(34-20)28-24(32)33-13-19-17-9-5-3-7-15(17)16-8-4-6-10-18(16)19/h3-10,12,19H,11,13-14H2,1-2H3,(H,27,31)(H,29,30)(H,26,28,32).